The van der Waals surface area contributed by atoms with E-state index in [4.69, 9.17) is 11.0 Å². The number of rotatable bonds is 2. The SMILES string of the molecule is CC(C)C1CCC(c2cnc(N)c(C#N)c2)CC1. The van der Waals surface area contributed by atoms with Gasteiger partial charge in [-0.05, 0) is 55.1 Å². The Morgan fingerprint density at radius 1 is 1.33 bits per heavy atom. The lowest BCUT2D eigenvalue weighted by Crippen LogP contribution is -2.17. The standard InChI is InChI=1S/C15H21N3/c1-10(2)11-3-5-12(6-4-11)14-7-13(8-16)15(17)18-9-14/h7,9-12H,3-6H2,1-2H3,(H2,17,18). The van der Waals surface area contributed by atoms with E-state index in [0.29, 0.717) is 17.3 Å². The normalized spacial score (nSPS) is 23.9. The summed E-state index contributed by atoms with van der Waals surface area (Å²) < 4.78 is 0. The number of nitrogens with two attached hydrogens (primary N) is 1. The summed E-state index contributed by atoms with van der Waals surface area (Å²) in [7, 11) is 0. The molecule has 2 rings (SSSR count). The minimum absolute atomic E-state index is 0.345. The van der Waals surface area contributed by atoms with Crippen molar-refractivity contribution in [2.24, 2.45) is 11.8 Å². The van der Waals surface area contributed by atoms with Crippen LogP contribution in [0.3, 0.4) is 0 Å². The molecule has 1 saturated carbocycles. The summed E-state index contributed by atoms with van der Waals surface area (Å²) in [5.74, 6) is 2.54. The largest absolute Gasteiger partial charge is 0.383 e. The van der Waals surface area contributed by atoms with Crippen molar-refractivity contribution in [2.75, 3.05) is 5.73 Å². The minimum Gasteiger partial charge on any atom is -0.383 e. The third-order valence-electron chi connectivity index (χ3n) is 4.25. The number of nitriles is 1. The molecule has 1 aliphatic rings. The van der Waals surface area contributed by atoms with Crippen LogP contribution in [-0.4, -0.2) is 4.98 Å². The third-order valence-corrected chi connectivity index (χ3v) is 4.25. The molecule has 0 unspecified atom stereocenters. The van der Waals surface area contributed by atoms with Gasteiger partial charge in [-0.3, -0.25) is 0 Å². The molecule has 0 aliphatic heterocycles. The van der Waals surface area contributed by atoms with Gasteiger partial charge in [0.25, 0.3) is 0 Å². The van der Waals surface area contributed by atoms with Gasteiger partial charge in [-0.25, -0.2) is 4.98 Å². The average Bonchev–Trinajstić information content (AvgIpc) is 2.39. The van der Waals surface area contributed by atoms with Gasteiger partial charge in [-0.15, -0.1) is 0 Å². The Kier molecular flexibility index (Phi) is 3.86. The van der Waals surface area contributed by atoms with E-state index in [9.17, 15) is 0 Å². The van der Waals surface area contributed by atoms with Crippen molar-refractivity contribution in [1.82, 2.24) is 4.98 Å². The first-order valence-electron chi connectivity index (χ1n) is 6.77. The van der Waals surface area contributed by atoms with Gasteiger partial charge in [0.1, 0.15) is 11.9 Å². The molecule has 96 valence electrons. The number of anilines is 1. The van der Waals surface area contributed by atoms with Crippen molar-refractivity contribution in [2.45, 2.75) is 45.4 Å². The maximum Gasteiger partial charge on any atom is 0.141 e. The Hall–Kier alpha value is -1.56. The predicted octanol–water partition coefficient (Wildman–Crippen LogP) is 3.47. The molecule has 18 heavy (non-hydrogen) atoms. The van der Waals surface area contributed by atoms with E-state index < -0.39 is 0 Å². The average molecular weight is 243 g/mol. The number of nitrogens with zero attached hydrogens (tertiary/aromatic N) is 2. The Labute approximate surface area is 109 Å². The van der Waals surface area contributed by atoms with E-state index in [0.717, 1.165) is 11.8 Å². The summed E-state index contributed by atoms with van der Waals surface area (Å²) in [6.45, 7) is 4.62. The lowest BCUT2D eigenvalue weighted by molar-refractivity contribution is 0.258. The summed E-state index contributed by atoms with van der Waals surface area (Å²) in [6.07, 6.45) is 6.83. The molecule has 1 fully saturated rings. The summed E-state index contributed by atoms with van der Waals surface area (Å²) >= 11 is 0. The Morgan fingerprint density at radius 2 is 2.00 bits per heavy atom. The summed E-state index contributed by atoms with van der Waals surface area (Å²) in [6, 6.07) is 4.03. The van der Waals surface area contributed by atoms with Crippen molar-refractivity contribution >= 4 is 5.82 Å². The molecule has 1 aliphatic carbocycles. The molecule has 0 aromatic carbocycles. The van der Waals surface area contributed by atoms with Crippen LogP contribution in [0.2, 0.25) is 0 Å². The lowest BCUT2D eigenvalue weighted by atomic mass is 9.75. The molecular formula is C15H21N3. The molecule has 0 saturated heterocycles. The molecule has 3 heteroatoms. The number of nitrogen functional groups attached to an aromatic ring is 1. The second-order valence-corrected chi connectivity index (χ2v) is 5.67. The van der Waals surface area contributed by atoms with Crippen LogP contribution in [0.25, 0.3) is 0 Å². The number of pyridine rings is 1. The smallest absolute Gasteiger partial charge is 0.141 e. The first-order chi connectivity index (χ1) is 8.61. The van der Waals surface area contributed by atoms with Crippen molar-refractivity contribution < 1.29 is 0 Å². The number of aromatic nitrogens is 1. The molecule has 3 nitrogen and oxygen atoms in total. The Balaban J connectivity index is 2.08. The molecular weight excluding hydrogens is 222 g/mol. The van der Waals surface area contributed by atoms with Crippen LogP contribution in [0, 0.1) is 23.2 Å². The molecule has 0 radical (unpaired) electrons. The van der Waals surface area contributed by atoms with E-state index in [1.165, 1.54) is 31.2 Å². The fourth-order valence-electron chi connectivity index (χ4n) is 2.92. The van der Waals surface area contributed by atoms with Gasteiger partial charge in [0.05, 0.1) is 5.56 Å². The second kappa shape index (κ2) is 5.39. The molecule has 0 bridgehead atoms. The minimum atomic E-state index is 0.345. The topological polar surface area (TPSA) is 62.7 Å². The predicted molar refractivity (Wildman–Crippen MR) is 72.9 cm³/mol. The zero-order chi connectivity index (χ0) is 13.1. The highest BCUT2D eigenvalue weighted by atomic mass is 14.8. The number of hydrogen-bond acceptors (Lipinski definition) is 3. The van der Waals surface area contributed by atoms with Gasteiger partial charge in [-0.2, -0.15) is 5.26 Å². The summed E-state index contributed by atoms with van der Waals surface area (Å²) in [4.78, 5) is 4.13. The first kappa shape index (κ1) is 12.9. The maximum absolute atomic E-state index is 8.99. The monoisotopic (exact) mass is 243 g/mol. The van der Waals surface area contributed by atoms with Crippen LogP contribution in [-0.2, 0) is 0 Å². The Bertz CT molecular complexity index is 451. The van der Waals surface area contributed by atoms with E-state index in [1.54, 1.807) is 0 Å². The molecule has 1 aromatic rings. The van der Waals surface area contributed by atoms with E-state index in [-0.39, 0.29) is 0 Å². The Morgan fingerprint density at radius 3 is 2.56 bits per heavy atom. The van der Waals surface area contributed by atoms with Crippen LogP contribution >= 0.6 is 0 Å². The van der Waals surface area contributed by atoms with Gasteiger partial charge in [0, 0.05) is 6.20 Å². The van der Waals surface area contributed by atoms with E-state index >= 15 is 0 Å². The molecule has 0 amide bonds. The summed E-state index contributed by atoms with van der Waals surface area (Å²) in [5.41, 5.74) is 7.35. The first-order valence-corrected chi connectivity index (χ1v) is 6.77. The van der Waals surface area contributed by atoms with Crippen LogP contribution in [0.15, 0.2) is 12.3 Å². The summed E-state index contributed by atoms with van der Waals surface area (Å²) in [5, 5.41) is 8.99. The third kappa shape index (κ3) is 2.64. The van der Waals surface area contributed by atoms with Crippen LogP contribution in [0.5, 0.6) is 0 Å². The van der Waals surface area contributed by atoms with E-state index in [2.05, 4.69) is 24.9 Å². The molecule has 0 spiro atoms. The van der Waals surface area contributed by atoms with Crippen LogP contribution in [0.1, 0.15) is 56.6 Å². The van der Waals surface area contributed by atoms with Crippen molar-refractivity contribution in [3.63, 3.8) is 0 Å². The van der Waals surface area contributed by atoms with Crippen LogP contribution < -0.4 is 5.73 Å². The lowest BCUT2D eigenvalue weighted by Gasteiger charge is -2.31. The molecule has 1 aromatic heterocycles. The van der Waals surface area contributed by atoms with Gasteiger partial charge < -0.3 is 5.73 Å². The van der Waals surface area contributed by atoms with Gasteiger partial charge in [0.15, 0.2) is 0 Å². The second-order valence-electron chi connectivity index (χ2n) is 5.67. The van der Waals surface area contributed by atoms with Crippen molar-refractivity contribution in [3.05, 3.63) is 23.4 Å². The van der Waals surface area contributed by atoms with Gasteiger partial charge >= 0.3 is 0 Å². The van der Waals surface area contributed by atoms with Crippen molar-refractivity contribution in [1.29, 1.82) is 5.26 Å². The highest BCUT2D eigenvalue weighted by Gasteiger charge is 2.24. The molecule has 1 heterocycles. The van der Waals surface area contributed by atoms with Gasteiger partial charge in [-0.1, -0.05) is 13.8 Å². The highest BCUT2D eigenvalue weighted by Crippen LogP contribution is 2.38. The fourth-order valence-corrected chi connectivity index (χ4v) is 2.92. The van der Waals surface area contributed by atoms with E-state index in [1.807, 2.05) is 12.3 Å². The van der Waals surface area contributed by atoms with Crippen molar-refractivity contribution in [3.8, 4) is 6.07 Å². The quantitative estimate of drug-likeness (QED) is 0.865. The molecule has 0 atom stereocenters. The molecule has 2 N–H and O–H groups in total. The highest BCUT2D eigenvalue weighted by molar-refractivity contribution is 5.49. The maximum atomic E-state index is 8.99. The zero-order valence-electron chi connectivity index (χ0n) is 11.2. The zero-order valence-corrected chi connectivity index (χ0v) is 11.2. The fraction of sp³-hybridized carbons (Fsp3) is 0.600. The van der Waals surface area contributed by atoms with Gasteiger partial charge in [0.2, 0.25) is 0 Å². The van der Waals surface area contributed by atoms with Crippen LogP contribution in [0.4, 0.5) is 5.82 Å². The number of hydrogen-bond donors (Lipinski definition) is 1.